The third-order valence-corrected chi connectivity index (χ3v) is 7.13. The van der Waals surface area contributed by atoms with Gasteiger partial charge in [-0.15, -0.1) is 12.4 Å². The van der Waals surface area contributed by atoms with Gasteiger partial charge in [-0.3, -0.25) is 4.79 Å². The van der Waals surface area contributed by atoms with Crippen LogP contribution in [0.3, 0.4) is 0 Å². The molecule has 0 radical (unpaired) electrons. The number of carbonyl (C=O) groups is 1. The second-order valence-corrected chi connectivity index (χ2v) is 9.45. The van der Waals surface area contributed by atoms with Crippen molar-refractivity contribution in [1.29, 1.82) is 0 Å². The molecule has 0 aromatic heterocycles. The highest BCUT2D eigenvalue weighted by Gasteiger charge is 2.20. The Hall–Kier alpha value is -1.89. The fourth-order valence-corrected chi connectivity index (χ4v) is 5.12. The van der Waals surface area contributed by atoms with Crippen LogP contribution >= 0.6 is 12.4 Å². The summed E-state index contributed by atoms with van der Waals surface area (Å²) in [6.07, 6.45) is 3.03. The number of aryl methyl sites for hydroxylation is 2. The highest BCUT2D eigenvalue weighted by Crippen LogP contribution is 2.25. The summed E-state index contributed by atoms with van der Waals surface area (Å²) in [6.45, 7) is 2.17. The summed E-state index contributed by atoms with van der Waals surface area (Å²) >= 11 is 0. The molecule has 1 aliphatic heterocycles. The van der Waals surface area contributed by atoms with E-state index in [9.17, 15) is 13.2 Å². The maximum atomic E-state index is 12.6. The molecule has 0 atom stereocenters. The number of amides is 1. The Kier molecular flexibility index (Phi) is 6.43. The smallest absolute Gasteiger partial charge is 0.221 e. The first-order chi connectivity index (χ1) is 13.0. The van der Waals surface area contributed by atoms with Crippen LogP contribution in [-0.2, 0) is 47.1 Å². The van der Waals surface area contributed by atoms with Crippen LogP contribution in [0, 0.1) is 0 Å². The fourth-order valence-electron chi connectivity index (χ4n) is 3.83. The molecule has 28 heavy (non-hydrogen) atoms. The molecule has 0 spiro atoms. The number of hydrogen-bond acceptors (Lipinski definition) is 4. The van der Waals surface area contributed by atoms with Gasteiger partial charge in [-0.05, 0) is 59.2 Å². The highest BCUT2D eigenvalue weighted by molar-refractivity contribution is 7.91. The quantitative estimate of drug-likeness (QED) is 0.753. The summed E-state index contributed by atoms with van der Waals surface area (Å²) in [5.74, 6) is -0.399. The van der Waals surface area contributed by atoms with E-state index in [1.807, 2.05) is 12.1 Å². The molecule has 2 aromatic carbocycles. The number of benzene rings is 2. The standard InChI is InChI=1S/C21H24N2O3S.ClH/c24-21(23-12-15-4-5-18-13-22-14-19(18)10-15)8-9-27(25,26)20-7-6-16-2-1-3-17(16)11-20;/h4-7,10-11,22H,1-3,8-9,12-14H2,(H,23,24);1H. The number of fused-ring (bicyclic) bond motifs is 2. The number of carbonyl (C=O) groups excluding carboxylic acids is 1. The van der Waals surface area contributed by atoms with Crippen molar-refractivity contribution in [3.05, 3.63) is 64.2 Å². The minimum Gasteiger partial charge on any atom is -0.352 e. The van der Waals surface area contributed by atoms with E-state index in [4.69, 9.17) is 0 Å². The topological polar surface area (TPSA) is 75.3 Å². The van der Waals surface area contributed by atoms with Crippen LogP contribution in [-0.4, -0.2) is 20.1 Å². The summed E-state index contributed by atoms with van der Waals surface area (Å²) in [4.78, 5) is 12.5. The molecule has 1 heterocycles. The zero-order valence-corrected chi connectivity index (χ0v) is 17.3. The molecule has 0 saturated carbocycles. The molecule has 0 fully saturated rings. The molecule has 1 amide bonds. The fraction of sp³-hybridized carbons (Fsp3) is 0.381. The predicted octanol–water partition coefficient (Wildman–Crippen LogP) is 2.68. The summed E-state index contributed by atoms with van der Waals surface area (Å²) in [6, 6.07) is 11.6. The molecule has 0 bridgehead atoms. The van der Waals surface area contributed by atoms with Gasteiger partial charge in [0.15, 0.2) is 9.84 Å². The summed E-state index contributed by atoms with van der Waals surface area (Å²) in [7, 11) is -3.44. The van der Waals surface area contributed by atoms with Crippen molar-refractivity contribution in [2.45, 2.75) is 50.2 Å². The van der Waals surface area contributed by atoms with Crippen LogP contribution in [0.2, 0.25) is 0 Å². The van der Waals surface area contributed by atoms with E-state index in [0.717, 1.165) is 43.5 Å². The normalized spacial score (nSPS) is 14.9. The van der Waals surface area contributed by atoms with Gasteiger partial charge in [-0.2, -0.15) is 0 Å². The number of hydrogen-bond donors (Lipinski definition) is 2. The average molecular weight is 421 g/mol. The number of sulfone groups is 1. The van der Waals surface area contributed by atoms with E-state index in [0.29, 0.717) is 11.4 Å². The van der Waals surface area contributed by atoms with Gasteiger partial charge in [-0.1, -0.05) is 24.3 Å². The van der Waals surface area contributed by atoms with Gasteiger partial charge in [0.25, 0.3) is 0 Å². The molecule has 1 aliphatic carbocycles. The molecule has 2 N–H and O–H groups in total. The zero-order chi connectivity index (χ0) is 18.9. The van der Waals surface area contributed by atoms with Crippen molar-refractivity contribution in [3.8, 4) is 0 Å². The van der Waals surface area contributed by atoms with E-state index in [1.54, 1.807) is 12.1 Å². The molecule has 0 unspecified atom stereocenters. The number of nitrogens with one attached hydrogen (secondary N) is 2. The Morgan fingerprint density at radius 1 is 0.964 bits per heavy atom. The highest BCUT2D eigenvalue weighted by atomic mass is 35.5. The molecule has 150 valence electrons. The first-order valence-corrected chi connectivity index (χ1v) is 11.1. The van der Waals surface area contributed by atoms with Crippen molar-refractivity contribution in [3.63, 3.8) is 0 Å². The van der Waals surface area contributed by atoms with Crippen molar-refractivity contribution >= 4 is 28.2 Å². The van der Waals surface area contributed by atoms with Gasteiger partial charge in [0.05, 0.1) is 10.6 Å². The molecule has 7 heteroatoms. The van der Waals surface area contributed by atoms with E-state index >= 15 is 0 Å². The van der Waals surface area contributed by atoms with Crippen LogP contribution in [0.25, 0.3) is 0 Å². The Bertz CT molecular complexity index is 989. The Balaban J connectivity index is 0.00000225. The lowest BCUT2D eigenvalue weighted by molar-refractivity contribution is -0.120. The first kappa shape index (κ1) is 20.8. The minimum atomic E-state index is -3.44. The molecule has 2 aliphatic rings. The van der Waals surface area contributed by atoms with Crippen molar-refractivity contribution in [1.82, 2.24) is 10.6 Å². The maximum Gasteiger partial charge on any atom is 0.221 e. The van der Waals surface area contributed by atoms with Crippen molar-refractivity contribution in [2.24, 2.45) is 0 Å². The minimum absolute atomic E-state index is 0. The van der Waals surface area contributed by atoms with Gasteiger partial charge < -0.3 is 10.6 Å². The van der Waals surface area contributed by atoms with Crippen LogP contribution < -0.4 is 10.6 Å². The number of rotatable bonds is 6. The van der Waals surface area contributed by atoms with Gasteiger partial charge in [-0.25, -0.2) is 8.42 Å². The van der Waals surface area contributed by atoms with Crippen LogP contribution in [0.1, 0.15) is 40.7 Å². The van der Waals surface area contributed by atoms with Gasteiger partial charge >= 0.3 is 0 Å². The van der Waals surface area contributed by atoms with E-state index < -0.39 is 9.84 Å². The van der Waals surface area contributed by atoms with Gasteiger partial charge in [0.1, 0.15) is 0 Å². The first-order valence-electron chi connectivity index (χ1n) is 9.44. The monoisotopic (exact) mass is 420 g/mol. The third kappa shape index (κ3) is 4.57. The van der Waals surface area contributed by atoms with E-state index in [2.05, 4.69) is 22.8 Å². The lowest BCUT2D eigenvalue weighted by atomic mass is 10.1. The van der Waals surface area contributed by atoms with Crippen molar-refractivity contribution in [2.75, 3.05) is 5.75 Å². The number of halogens is 1. The summed E-state index contributed by atoms with van der Waals surface area (Å²) < 4.78 is 25.1. The largest absolute Gasteiger partial charge is 0.352 e. The molecule has 4 rings (SSSR count). The summed E-state index contributed by atoms with van der Waals surface area (Å²) in [5.41, 5.74) is 5.97. The molecular formula is C21H25ClN2O3S. The van der Waals surface area contributed by atoms with Crippen LogP contribution in [0.15, 0.2) is 41.3 Å². The Morgan fingerprint density at radius 3 is 2.57 bits per heavy atom. The third-order valence-electron chi connectivity index (χ3n) is 5.42. The van der Waals surface area contributed by atoms with Crippen LogP contribution in [0.4, 0.5) is 0 Å². The van der Waals surface area contributed by atoms with Crippen LogP contribution in [0.5, 0.6) is 0 Å². The zero-order valence-electron chi connectivity index (χ0n) is 15.7. The average Bonchev–Trinajstić information content (AvgIpc) is 3.32. The van der Waals surface area contributed by atoms with Crippen molar-refractivity contribution < 1.29 is 13.2 Å². The lowest BCUT2D eigenvalue weighted by Gasteiger charge is -2.09. The maximum absolute atomic E-state index is 12.6. The lowest BCUT2D eigenvalue weighted by Crippen LogP contribution is -2.25. The predicted molar refractivity (Wildman–Crippen MR) is 111 cm³/mol. The SMILES string of the molecule is Cl.O=C(CCS(=O)(=O)c1ccc2c(c1)CCC2)NCc1ccc2c(c1)CNC2. The second-order valence-electron chi connectivity index (χ2n) is 7.34. The molecular weight excluding hydrogens is 396 g/mol. The van der Waals surface area contributed by atoms with E-state index in [-0.39, 0.29) is 30.5 Å². The molecule has 0 saturated heterocycles. The summed E-state index contributed by atoms with van der Waals surface area (Å²) in [5, 5.41) is 6.13. The van der Waals surface area contributed by atoms with E-state index in [1.165, 1.54) is 16.7 Å². The van der Waals surface area contributed by atoms with Gasteiger partial charge in [0, 0.05) is 26.1 Å². The Morgan fingerprint density at radius 2 is 1.71 bits per heavy atom. The molecule has 5 nitrogen and oxygen atoms in total. The second kappa shape index (κ2) is 8.64. The molecule has 2 aromatic rings. The Labute approximate surface area is 172 Å². The van der Waals surface area contributed by atoms with Gasteiger partial charge in [0.2, 0.25) is 5.91 Å².